The molecule has 4 atom stereocenters. The summed E-state index contributed by atoms with van der Waals surface area (Å²) in [5.74, 6) is 0.438. The van der Waals surface area contributed by atoms with Crippen molar-refractivity contribution >= 4 is 22.6 Å². The first-order valence-electron chi connectivity index (χ1n) is 6.76. The molecule has 0 aromatic heterocycles. The van der Waals surface area contributed by atoms with E-state index in [1.54, 1.807) is 11.2 Å². The van der Waals surface area contributed by atoms with Crippen molar-refractivity contribution in [2.24, 2.45) is 5.92 Å². The molecule has 0 spiro atoms. The highest BCUT2D eigenvalue weighted by Gasteiger charge is 2.35. The van der Waals surface area contributed by atoms with Crippen molar-refractivity contribution in [3.8, 4) is 0 Å². The lowest BCUT2D eigenvalue weighted by atomic mass is 9.98. The van der Waals surface area contributed by atoms with E-state index in [2.05, 4.69) is 5.32 Å². The minimum Gasteiger partial charge on any atom is -0.344 e. The Hall–Kier alpha value is -0.910. The first-order valence-corrected chi connectivity index (χ1v) is 8.49. The lowest BCUT2D eigenvalue weighted by molar-refractivity contribution is -0.136. The molecule has 0 saturated carbocycles. The topological polar surface area (TPSA) is 66.5 Å². The first kappa shape index (κ1) is 16.1. The molecule has 1 aliphatic rings. The third kappa shape index (κ3) is 4.30. The molecule has 0 aromatic rings. The summed E-state index contributed by atoms with van der Waals surface area (Å²) in [6.07, 6.45) is 2.78. The molecule has 0 bridgehead atoms. The fraction of sp³-hybridized carbons (Fsp3) is 0.846. The van der Waals surface area contributed by atoms with Gasteiger partial charge in [-0.15, -0.1) is 0 Å². The normalized spacial score (nSPS) is 25.5. The first-order chi connectivity index (χ1) is 8.86. The standard InChI is InChI=1S/C13H24N2O3S/c1-5-9(2)12-13(17)15(7-6-11(16)14-12)10(3)8-19(4)18/h9-10,12H,5-8H2,1-4H3,(H,14,16). The van der Waals surface area contributed by atoms with Gasteiger partial charge in [0.2, 0.25) is 11.8 Å². The van der Waals surface area contributed by atoms with E-state index in [1.165, 1.54) is 0 Å². The SMILES string of the molecule is CCC(C)C1NC(=O)CCN(C(C)CS(C)=O)C1=O. The smallest absolute Gasteiger partial charge is 0.245 e. The van der Waals surface area contributed by atoms with E-state index in [0.29, 0.717) is 18.7 Å². The second-order valence-corrected chi connectivity index (χ2v) is 6.78. The Kier molecular flexibility index (Phi) is 5.97. The van der Waals surface area contributed by atoms with Gasteiger partial charge in [0.1, 0.15) is 6.04 Å². The number of hydrogen-bond donors (Lipinski definition) is 1. The average Bonchev–Trinajstić information content (AvgIpc) is 2.47. The Bertz CT molecular complexity index is 373. The Labute approximate surface area is 117 Å². The third-order valence-corrected chi connectivity index (χ3v) is 4.62. The van der Waals surface area contributed by atoms with Gasteiger partial charge in [0.05, 0.1) is 0 Å². The summed E-state index contributed by atoms with van der Waals surface area (Å²) < 4.78 is 11.3. The Morgan fingerprint density at radius 2 is 2.05 bits per heavy atom. The molecule has 1 fully saturated rings. The zero-order valence-electron chi connectivity index (χ0n) is 12.1. The molecule has 5 nitrogen and oxygen atoms in total. The fourth-order valence-corrected chi connectivity index (χ4v) is 3.17. The van der Waals surface area contributed by atoms with Crippen LogP contribution in [0.15, 0.2) is 0 Å². The zero-order valence-corrected chi connectivity index (χ0v) is 13.0. The van der Waals surface area contributed by atoms with Crippen LogP contribution in [-0.2, 0) is 20.4 Å². The number of hydrogen-bond acceptors (Lipinski definition) is 3. The number of amides is 2. The molecule has 0 aliphatic carbocycles. The molecule has 1 rings (SSSR count). The molecule has 19 heavy (non-hydrogen) atoms. The van der Waals surface area contributed by atoms with E-state index < -0.39 is 16.8 Å². The van der Waals surface area contributed by atoms with Crippen molar-refractivity contribution in [2.45, 2.75) is 45.7 Å². The van der Waals surface area contributed by atoms with Crippen LogP contribution in [-0.4, -0.2) is 51.6 Å². The predicted octanol–water partition coefficient (Wildman–Crippen LogP) is 0.517. The van der Waals surface area contributed by atoms with Gasteiger partial charge in [-0.2, -0.15) is 0 Å². The van der Waals surface area contributed by atoms with Gasteiger partial charge in [-0.3, -0.25) is 13.8 Å². The van der Waals surface area contributed by atoms with Crippen LogP contribution in [0.5, 0.6) is 0 Å². The maximum Gasteiger partial charge on any atom is 0.245 e. The average molecular weight is 288 g/mol. The number of carbonyl (C=O) groups is 2. The summed E-state index contributed by atoms with van der Waals surface area (Å²) in [4.78, 5) is 25.9. The molecule has 4 unspecified atom stereocenters. The van der Waals surface area contributed by atoms with Crippen LogP contribution >= 0.6 is 0 Å². The minimum absolute atomic E-state index is 0.0434. The highest BCUT2D eigenvalue weighted by molar-refractivity contribution is 7.84. The Balaban J connectivity index is 2.89. The van der Waals surface area contributed by atoms with Crippen LogP contribution in [0.2, 0.25) is 0 Å². The summed E-state index contributed by atoms with van der Waals surface area (Å²) in [5.41, 5.74) is 0. The molecule has 110 valence electrons. The van der Waals surface area contributed by atoms with Crippen LogP contribution in [0.25, 0.3) is 0 Å². The number of nitrogens with one attached hydrogen (secondary N) is 1. The molecular weight excluding hydrogens is 264 g/mol. The van der Waals surface area contributed by atoms with Crippen LogP contribution in [0.1, 0.15) is 33.6 Å². The lowest BCUT2D eigenvalue weighted by Crippen LogP contribution is -2.51. The minimum atomic E-state index is -0.950. The quantitative estimate of drug-likeness (QED) is 0.802. The van der Waals surface area contributed by atoms with E-state index in [9.17, 15) is 13.8 Å². The van der Waals surface area contributed by atoms with Crippen molar-refractivity contribution in [1.82, 2.24) is 10.2 Å². The largest absolute Gasteiger partial charge is 0.344 e. The fourth-order valence-electron chi connectivity index (χ4n) is 2.31. The van der Waals surface area contributed by atoms with Crippen LogP contribution in [0, 0.1) is 5.92 Å². The van der Waals surface area contributed by atoms with Gasteiger partial charge in [-0.1, -0.05) is 20.3 Å². The number of carbonyl (C=O) groups excluding carboxylic acids is 2. The van der Waals surface area contributed by atoms with Crippen molar-refractivity contribution in [2.75, 3.05) is 18.6 Å². The maximum atomic E-state index is 12.5. The summed E-state index contributed by atoms with van der Waals surface area (Å²) in [6.45, 7) is 6.28. The Morgan fingerprint density at radius 1 is 1.42 bits per heavy atom. The highest BCUT2D eigenvalue weighted by Crippen LogP contribution is 2.16. The van der Waals surface area contributed by atoms with E-state index in [0.717, 1.165) is 6.42 Å². The van der Waals surface area contributed by atoms with Gasteiger partial charge in [-0.25, -0.2) is 0 Å². The Morgan fingerprint density at radius 3 is 2.58 bits per heavy atom. The van der Waals surface area contributed by atoms with E-state index in [1.807, 2.05) is 20.8 Å². The van der Waals surface area contributed by atoms with Crippen molar-refractivity contribution in [3.05, 3.63) is 0 Å². The maximum absolute atomic E-state index is 12.5. The van der Waals surface area contributed by atoms with Crippen LogP contribution < -0.4 is 5.32 Å². The van der Waals surface area contributed by atoms with E-state index in [-0.39, 0.29) is 23.8 Å². The molecule has 0 aromatic carbocycles. The van der Waals surface area contributed by atoms with Gasteiger partial charge < -0.3 is 10.2 Å². The molecule has 1 aliphatic heterocycles. The zero-order chi connectivity index (χ0) is 14.6. The van der Waals surface area contributed by atoms with Crippen LogP contribution in [0.3, 0.4) is 0 Å². The second-order valence-electron chi connectivity index (χ2n) is 5.30. The van der Waals surface area contributed by atoms with E-state index in [4.69, 9.17) is 0 Å². The monoisotopic (exact) mass is 288 g/mol. The van der Waals surface area contributed by atoms with Crippen molar-refractivity contribution in [3.63, 3.8) is 0 Å². The van der Waals surface area contributed by atoms with Crippen molar-refractivity contribution < 1.29 is 13.8 Å². The third-order valence-electron chi connectivity index (χ3n) is 3.67. The molecular formula is C13H24N2O3S. The van der Waals surface area contributed by atoms with Crippen molar-refractivity contribution in [1.29, 1.82) is 0 Å². The van der Waals surface area contributed by atoms with E-state index >= 15 is 0 Å². The highest BCUT2D eigenvalue weighted by atomic mass is 32.2. The van der Waals surface area contributed by atoms with Crippen LogP contribution in [0.4, 0.5) is 0 Å². The van der Waals surface area contributed by atoms with Gasteiger partial charge in [-0.05, 0) is 12.8 Å². The summed E-state index contributed by atoms with van der Waals surface area (Å²) in [5, 5.41) is 2.81. The number of nitrogens with zero attached hydrogens (tertiary/aromatic N) is 1. The lowest BCUT2D eigenvalue weighted by Gasteiger charge is -2.31. The molecule has 6 heteroatoms. The van der Waals surface area contributed by atoms with Gasteiger partial charge >= 0.3 is 0 Å². The molecule has 1 heterocycles. The van der Waals surface area contributed by atoms with Gasteiger partial charge in [0, 0.05) is 41.8 Å². The molecule has 1 N–H and O–H groups in total. The molecule has 2 amide bonds. The molecule has 0 radical (unpaired) electrons. The summed E-state index contributed by atoms with van der Waals surface area (Å²) in [7, 11) is -0.950. The van der Waals surface area contributed by atoms with Gasteiger partial charge in [0.25, 0.3) is 0 Å². The predicted molar refractivity (Wildman–Crippen MR) is 76.1 cm³/mol. The second kappa shape index (κ2) is 7.03. The number of rotatable bonds is 5. The molecule has 1 saturated heterocycles. The summed E-state index contributed by atoms with van der Waals surface area (Å²) >= 11 is 0. The van der Waals surface area contributed by atoms with Gasteiger partial charge in [0.15, 0.2) is 0 Å². The summed E-state index contributed by atoms with van der Waals surface area (Å²) in [6, 6.07) is -0.551.